The molecule has 0 bridgehead atoms. The van der Waals surface area contributed by atoms with Gasteiger partial charge in [-0.1, -0.05) is 141 Å². The van der Waals surface area contributed by atoms with Gasteiger partial charge in [0.05, 0.1) is 17.1 Å². The van der Waals surface area contributed by atoms with Crippen LogP contribution in [0.3, 0.4) is 0 Å². The molecule has 2 nitrogen and oxygen atoms in total. The van der Waals surface area contributed by atoms with Gasteiger partial charge in [0.25, 0.3) is 0 Å². The summed E-state index contributed by atoms with van der Waals surface area (Å²) in [6.07, 6.45) is 5.80. The highest BCUT2D eigenvalue weighted by Crippen LogP contribution is 2.52. The van der Waals surface area contributed by atoms with Gasteiger partial charge in [0.1, 0.15) is 0 Å². The first-order valence-corrected chi connectivity index (χ1v) is 19.8. The maximum Gasteiger partial charge on any atom is 0.0563 e. The van der Waals surface area contributed by atoms with Crippen molar-refractivity contribution in [2.24, 2.45) is 0 Å². The molecule has 0 N–H and O–H groups in total. The SMILES string of the molecule is CC1(C)C2=C(C=CC(N(c3ccc(-c4ccccc4)cc3)c3ccc4c5c6sc7ccccc7c6ccc5n(-c5ccccc5)c4c3)C2)c2ccccc21. The normalized spacial score (nSPS) is 16.1. The maximum atomic E-state index is 2.58. The minimum Gasteiger partial charge on any atom is -0.334 e. The second kappa shape index (κ2) is 11.9. The third kappa shape index (κ3) is 4.65. The quantitative estimate of drug-likeness (QED) is 0.173. The lowest BCUT2D eigenvalue weighted by atomic mass is 9.77. The smallest absolute Gasteiger partial charge is 0.0563 e. The van der Waals surface area contributed by atoms with Crippen LogP contribution in [0.15, 0.2) is 182 Å². The highest BCUT2D eigenvalue weighted by atomic mass is 32.1. The molecule has 0 radical (unpaired) electrons. The Labute approximate surface area is 319 Å². The van der Waals surface area contributed by atoms with Crippen molar-refractivity contribution in [2.75, 3.05) is 4.90 Å². The average molecular weight is 711 g/mol. The molecule has 0 saturated carbocycles. The Morgan fingerprint density at radius 3 is 2.13 bits per heavy atom. The zero-order valence-corrected chi connectivity index (χ0v) is 31.1. The van der Waals surface area contributed by atoms with Crippen molar-refractivity contribution < 1.29 is 0 Å². The Bertz CT molecular complexity index is 2980. The number of rotatable bonds is 5. The number of thiophene rings is 1. The van der Waals surface area contributed by atoms with Gasteiger partial charge < -0.3 is 9.47 Å². The lowest BCUT2D eigenvalue weighted by molar-refractivity contribution is 0.585. The summed E-state index contributed by atoms with van der Waals surface area (Å²) in [4.78, 5) is 2.58. The first-order valence-electron chi connectivity index (χ1n) is 18.9. The Hall–Kier alpha value is -6.16. The van der Waals surface area contributed by atoms with Crippen molar-refractivity contribution in [1.82, 2.24) is 4.57 Å². The van der Waals surface area contributed by atoms with Crippen molar-refractivity contribution in [1.29, 1.82) is 0 Å². The molecular formula is C51H38N2S. The summed E-state index contributed by atoms with van der Waals surface area (Å²) in [7, 11) is 0. The van der Waals surface area contributed by atoms with E-state index in [1.165, 1.54) is 92.4 Å². The van der Waals surface area contributed by atoms with E-state index in [9.17, 15) is 0 Å². The minimum atomic E-state index is -0.0307. The Morgan fingerprint density at radius 2 is 1.30 bits per heavy atom. The molecule has 0 fully saturated rings. The third-order valence-corrected chi connectivity index (χ3v) is 13.2. The molecule has 54 heavy (non-hydrogen) atoms. The topological polar surface area (TPSA) is 8.17 Å². The molecule has 9 aromatic rings. The molecule has 0 saturated heterocycles. The molecule has 3 heteroatoms. The summed E-state index contributed by atoms with van der Waals surface area (Å²) in [5.74, 6) is 0. The highest BCUT2D eigenvalue weighted by molar-refractivity contribution is 7.26. The third-order valence-electron chi connectivity index (χ3n) is 12.0. The number of anilines is 2. The summed E-state index contributed by atoms with van der Waals surface area (Å²) in [5, 5.41) is 5.27. The number of benzene rings is 7. The molecule has 11 rings (SSSR count). The molecule has 0 spiro atoms. The Kier molecular flexibility index (Phi) is 6.93. The van der Waals surface area contributed by atoms with E-state index in [1.807, 2.05) is 11.3 Å². The molecular weight excluding hydrogens is 673 g/mol. The molecule has 0 aliphatic heterocycles. The van der Waals surface area contributed by atoms with E-state index in [-0.39, 0.29) is 11.5 Å². The molecule has 2 aliphatic rings. The summed E-state index contributed by atoms with van der Waals surface area (Å²) in [5.41, 5.74) is 14.2. The molecule has 258 valence electrons. The van der Waals surface area contributed by atoms with Crippen molar-refractivity contribution in [3.63, 3.8) is 0 Å². The fraction of sp³-hybridized carbons (Fsp3) is 0.0980. The van der Waals surface area contributed by atoms with E-state index >= 15 is 0 Å². The van der Waals surface area contributed by atoms with Gasteiger partial charge in [0.2, 0.25) is 0 Å². The largest absolute Gasteiger partial charge is 0.334 e. The fourth-order valence-electron chi connectivity index (χ4n) is 9.40. The maximum absolute atomic E-state index is 2.58. The van der Waals surface area contributed by atoms with E-state index in [0.717, 1.165) is 6.42 Å². The van der Waals surface area contributed by atoms with Gasteiger partial charge in [-0.15, -0.1) is 11.3 Å². The summed E-state index contributed by atoms with van der Waals surface area (Å²) in [6.45, 7) is 4.81. The van der Waals surface area contributed by atoms with Gasteiger partial charge in [0, 0.05) is 53.4 Å². The zero-order valence-electron chi connectivity index (χ0n) is 30.3. The van der Waals surface area contributed by atoms with E-state index in [2.05, 4.69) is 199 Å². The molecule has 1 atom stereocenters. The van der Waals surface area contributed by atoms with Crippen molar-refractivity contribution >= 4 is 70.3 Å². The van der Waals surface area contributed by atoms with Crippen LogP contribution in [0.4, 0.5) is 11.4 Å². The predicted octanol–water partition coefficient (Wildman–Crippen LogP) is 14.0. The molecule has 2 aromatic heterocycles. The Balaban J connectivity index is 1.12. The standard InChI is InChI=1S/C51H38N2S/c1-51(2)44-19-11-9-17-39(44)40-27-25-37(31-45(40)51)52(36-23-21-34(22-24-36)33-13-5-3-6-14-33)38-26-28-43-47(32-38)53(35-15-7-4-8-16-35)46-30-29-42-41-18-10-12-20-48(41)54-50(42)49(43)46/h3-30,32,37H,31H2,1-2H3. The summed E-state index contributed by atoms with van der Waals surface area (Å²) < 4.78 is 5.16. The van der Waals surface area contributed by atoms with Crippen LogP contribution in [0.25, 0.3) is 64.4 Å². The second-order valence-electron chi connectivity index (χ2n) is 15.3. The number of allylic oxidation sites excluding steroid dienone is 2. The van der Waals surface area contributed by atoms with Crippen molar-refractivity contribution in [3.8, 4) is 16.8 Å². The number of aromatic nitrogens is 1. The first-order chi connectivity index (χ1) is 26.5. The van der Waals surface area contributed by atoms with Crippen LogP contribution in [0, 0.1) is 0 Å². The zero-order chi connectivity index (χ0) is 36.0. The predicted molar refractivity (Wildman–Crippen MR) is 232 cm³/mol. The van der Waals surface area contributed by atoms with Crippen molar-refractivity contribution in [2.45, 2.75) is 31.7 Å². The molecule has 0 amide bonds. The van der Waals surface area contributed by atoms with Gasteiger partial charge in [-0.3, -0.25) is 0 Å². The van der Waals surface area contributed by atoms with Gasteiger partial charge >= 0.3 is 0 Å². The summed E-state index contributed by atoms with van der Waals surface area (Å²) >= 11 is 1.91. The number of fused-ring (bicyclic) bond motifs is 9. The van der Waals surface area contributed by atoms with Gasteiger partial charge in [-0.05, 0) is 88.4 Å². The van der Waals surface area contributed by atoms with Crippen LogP contribution in [-0.4, -0.2) is 10.6 Å². The van der Waals surface area contributed by atoms with Crippen LogP contribution in [0.1, 0.15) is 31.4 Å². The van der Waals surface area contributed by atoms with E-state index in [0.29, 0.717) is 0 Å². The van der Waals surface area contributed by atoms with Crippen LogP contribution in [0.2, 0.25) is 0 Å². The Morgan fingerprint density at radius 1 is 0.611 bits per heavy atom. The number of hydrogen-bond donors (Lipinski definition) is 0. The fourth-order valence-corrected chi connectivity index (χ4v) is 10.7. The molecule has 2 aliphatic carbocycles. The lowest BCUT2D eigenvalue weighted by Gasteiger charge is -2.37. The molecule has 2 heterocycles. The second-order valence-corrected chi connectivity index (χ2v) is 16.3. The van der Waals surface area contributed by atoms with E-state index < -0.39 is 0 Å². The van der Waals surface area contributed by atoms with Crippen LogP contribution >= 0.6 is 11.3 Å². The minimum absolute atomic E-state index is 0.0307. The molecule has 1 unspecified atom stereocenters. The van der Waals surface area contributed by atoms with Gasteiger partial charge in [-0.25, -0.2) is 0 Å². The molecule has 7 aromatic carbocycles. The lowest BCUT2D eigenvalue weighted by Crippen LogP contribution is -2.33. The van der Waals surface area contributed by atoms with E-state index in [1.54, 1.807) is 0 Å². The van der Waals surface area contributed by atoms with Crippen LogP contribution < -0.4 is 4.90 Å². The highest BCUT2D eigenvalue weighted by Gasteiger charge is 2.40. The first kappa shape index (κ1) is 31.4. The van der Waals surface area contributed by atoms with Gasteiger partial charge in [-0.2, -0.15) is 0 Å². The number of hydrogen-bond acceptors (Lipinski definition) is 2. The monoisotopic (exact) mass is 710 g/mol. The van der Waals surface area contributed by atoms with E-state index in [4.69, 9.17) is 0 Å². The van der Waals surface area contributed by atoms with Crippen LogP contribution in [0.5, 0.6) is 0 Å². The number of para-hydroxylation sites is 1. The average Bonchev–Trinajstić information content (AvgIpc) is 3.84. The summed E-state index contributed by atoms with van der Waals surface area (Å²) in [6, 6.07) is 60.5. The van der Waals surface area contributed by atoms with Gasteiger partial charge in [0.15, 0.2) is 0 Å². The van der Waals surface area contributed by atoms with Crippen LogP contribution in [-0.2, 0) is 5.41 Å². The van der Waals surface area contributed by atoms with Crippen molar-refractivity contribution in [3.05, 3.63) is 193 Å². The number of nitrogens with zero attached hydrogens (tertiary/aromatic N) is 2.